The minimum absolute atomic E-state index is 0.0573. The first-order valence-corrected chi connectivity index (χ1v) is 10.5. The molecule has 149 valence electrons. The minimum atomic E-state index is -0.0573. The second-order valence-corrected chi connectivity index (χ2v) is 8.66. The molecule has 31 heavy (non-hydrogen) atoms. The molecule has 6 rings (SSSR count). The molecule has 0 atom stereocenters. The van der Waals surface area contributed by atoms with Crippen molar-refractivity contribution in [2.24, 2.45) is 0 Å². The fourth-order valence-corrected chi connectivity index (χ4v) is 5.18. The highest BCUT2D eigenvalue weighted by atomic mass is 16.5. The van der Waals surface area contributed by atoms with Gasteiger partial charge in [-0.1, -0.05) is 56.3 Å². The third-order valence-corrected chi connectivity index (χ3v) is 6.64. The summed E-state index contributed by atoms with van der Waals surface area (Å²) < 4.78 is 7.60. The Morgan fingerprint density at radius 2 is 1.48 bits per heavy atom. The molecule has 3 nitrogen and oxygen atoms in total. The number of fused-ring (bicyclic) bond motifs is 6. The normalized spacial score (nSPS) is 13.9. The van der Waals surface area contributed by atoms with Crippen molar-refractivity contribution in [1.29, 1.82) is 0 Å². The molecular weight excluding hydrogens is 381 g/mol. The first-order valence-electron chi connectivity index (χ1n) is 10.5. The molecule has 4 heteroatoms. The van der Waals surface area contributed by atoms with Crippen molar-refractivity contribution in [3.05, 3.63) is 96.1 Å². The highest BCUT2D eigenvalue weighted by Crippen LogP contribution is 2.51. The summed E-state index contributed by atoms with van der Waals surface area (Å²) in [6.07, 6.45) is 0. The zero-order valence-corrected chi connectivity index (χ0v) is 17.5. The molecule has 1 heterocycles. The van der Waals surface area contributed by atoms with E-state index in [0.717, 1.165) is 24.3 Å². The zero-order valence-electron chi connectivity index (χ0n) is 17.5. The van der Waals surface area contributed by atoms with Crippen LogP contribution in [-0.2, 0) is 5.41 Å². The van der Waals surface area contributed by atoms with E-state index in [2.05, 4.69) is 85.1 Å². The largest absolute Gasteiger partial charge is 0.569 e. The third-order valence-electron chi connectivity index (χ3n) is 6.64. The van der Waals surface area contributed by atoms with Crippen LogP contribution in [0.2, 0.25) is 0 Å². The zero-order chi connectivity index (χ0) is 21.2. The molecule has 0 saturated heterocycles. The predicted molar refractivity (Wildman–Crippen MR) is 127 cm³/mol. The van der Waals surface area contributed by atoms with Crippen LogP contribution in [0.1, 0.15) is 25.0 Å². The monoisotopic (exact) mass is 402 g/mol. The summed E-state index contributed by atoms with van der Waals surface area (Å²) in [4.78, 5) is 0. The Bertz CT molecular complexity index is 1470. The number of hydrogen-bond acceptors (Lipinski definition) is 2. The molecule has 0 fully saturated rings. The Morgan fingerprint density at radius 1 is 0.742 bits per heavy atom. The van der Waals surface area contributed by atoms with Gasteiger partial charge in [0.1, 0.15) is 5.75 Å². The van der Waals surface area contributed by atoms with Crippen molar-refractivity contribution >= 4 is 29.5 Å². The molecule has 0 aliphatic heterocycles. The van der Waals surface area contributed by atoms with Gasteiger partial charge in [0.2, 0.25) is 0 Å². The van der Waals surface area contributed by atoms with Gasteiger partial charge >= 0.3 is 7.69 Å². The summed E-state index contributed by atoms with van der Waals surface area (Å²) >= 11 is 0. The van der Waals surface area contributed by atoms with Crippen molar-refractivity contribution in [2.75, 3.05) is 0 Å². The Kier molecular flexibility index (Phi) is 3.83. The molecule has 0 bridgehead atoms. The maximum absolute atomic E-state index is 9.13. The fourth-order valence-electron chi connectivity index (χ4n) is 5.18. The van der Waals surface area contributed by atoms with Crippen LogP contribution in [0.4, 0.5) is 0 Å². The molecular formula is C27H21BNO2. The van der Waals surface area contributed by atoms with Crippen LogP contribution in [0.15, 0.2) is 84.9 Å². The second kappa shape index (κ2) is 6.50. The highest BCUT2D eigenvalue weighted by molar-refractivity contribution is 6.18. The minimum Gasteiger partial charge on any atom is -0.537 e. The summed E-state index contributed by atoms with van der Waals surface area (Å²) in [6, 6.07) is 29.8. The molecule has 0 saturated carbocycles. The number of benzene rings is 4. The van der Waals surface area contributed by atoms with Crippen LogP contribution < -0.4 is 4.65 Å². The smallest absolute Gasteiger partial charge is 0.537 e. The van der Waals surface area contributed by atoms with Crippen molar-refractivity contribution < 1.29 is 9.68 Å². The Hall–Kier alpha value is -3.50. The molecule has 0 amide bonds. The van der Waals surface area contributed by atoms with Gasteiger partial charge in [-0.2, -0.15) is 0 Å². The van der Waals surface area contributed by atoms with Crippen LogP contribution in [-0.4, -0.2) is 17.3 Å². The van der Waals surface area contributed by atoms with Crippen molar-refractivity contribution in [3.63, 3.8) is 0 Å². The van der Waals surface area contributed by atoms with Gasteiger partial charge in [0.15, 0.2) is 0 Å². The molecule has 1 aliphatic carbocycles. The Labute approximate surface area is 181 Å². The second-order valence-electron chi connectivity index (χ2n) is 8.66. The SMILES string of the molecule is CC1(C)c2ccccc2-c2cc3c4cc(O[B]O)ccc4n(-c4ccccc4)c3cc21. The first kappa shape index (κ1) is 18.3. The van der Waals surface area contributed by atoms with E-state index in [1.807, 2.05) is 18.2 Å². The number of aromatic nitrogens is 1. The number of para-hydroxylation sites is 1. The summed E-state index contributed by atoms with van der Waals surface area (Å²) in [7, 11) is 0.730. The lowest BCUT2D eigenvalue weighted by Gasteiger charge is -2.21. The van der Waals surface area contributed by atoms with Gasteiger partial charge in [0.25, 0.3) is 0 Å². The van der Waals surface area contributed by atoms with E-state index in [0.29, 0.717) is 5.75 Å². The first-order chi connectivity index (χ1) is 15.1. The lowest BCUT2D eigenvalue weighted by molar-refractivity contribution is 0.454. The predicted octanol–water partition coefficient (Wildman–Crippen LogP) is 6.00. The van der Waals surface area contributed by atoms with E-state index in [9.17, 15) is 0 Å². The van der Waals surface area contributed by atoms with Gasteiger partial charge in [-0.15, -0.1) is 0 Å². The van der Waals surface area contributed by atoms with Crippen molar-refractivity contribution in [3.8, 4) is 22.6 Å². The van der Waals surface area contributed by atoms with Gasteiger partial charge in [-0.3, -0.25) is 0 Å². The van der Waals surface area contributed by atoms with E-state index in [1.54, 1.807) is 0 Å². The molecule has 5 aromatic rings. The Balaban J connectivity index is 1.75. The Morgan fingerprint density at radius 3 is 2.29 bits per heavy atom. The summed E-state index contributed by atoms with van der Waals surface area (Å²) in [5.41, 5.74) is 8.67. The summed E-state index contributed by atoms with van der Waals surface area (Å²) in [5, 5.41) is 11.4. The molecule has 1 aromatic heterocycles. The maximum atomic E-state index is 9.13. The molecule has 1 N–H and O–H groups in total. The molecule has 1 radical (unpaired) electrons. The number of rotatable bonds is 3. The van der Waals surface area contributed by atoms with Crippen molar-refractivity contribution in [1.82, 2.24) is 4.57 Å². The van der Waals surface area contributed by atoms with Crippen LogP contribution in [0, 0.1) is 0 Å². The third kappa shape index (κ3) is 2.52. The average Bonchev–Trinajstić information content (AvgIpc) is 3.23. The van der Waals surface area contributed by atoms with E-state index in [4.69, 9.17) is 9.68 Å². The molecule has 4 aromatic carbocycles. The van der Waals surface area contributed by atoms with E-state index in [1.165, 1.54) is 33.2 Å². The van der Waals surface area contributed by atoms with E-state index < -0.39 is 0 Å². The standard InChI is InChI=1S/C27H21BNO2/c1-27(2)23-11-7-6-10-19(23)20-15-22-21-14-18(31-28-30)12-13-25(21)29(26(22)16-24(20)27)17-8-4-3-5-9-17/h3-16,30H,1-2H3. The van der Waals surface area contributed by atoms with Crippen molar-refractivity contribution in [2.45, 2.75) is 19.3 Å². The van der Waals surface area contributed by atoms with Gasteiger partial charge in [-0.25, -0.2) is 0 Å². The molecule has 1 aliphatic rings. The molecule has 0 unspecified atom stereocenters. The summed E-state index contributed by atoms with van der Waals surface area (Å²) in [6.45, 7) is 4.62. The van der Waals surface area contributed by atoms with Gasteiger partial charge in [0, 0.05) is 21.9 Å². The maximum Gasteiger partial charge on any atom is 0.569 e. The van der Waals surface area contributed by atoms with Crippen LogP contribution in [0.5, 0.6) is 5.75 Å². The topological polar surface area (TPSA) is 34.4 Å². The number of nitrogens with zero attached hydrogens (tertiary/aromatic N) is 1. The fraction of sp³-hybridized carbons (Fsp3) is 0.111. The quantitative estimate of drug-likeness (QED) is 0.376. The summed E-state index contributed by atoms with van der Waals surface area (Å²) in [5.74, 6) is 0.614. The van der Waals surface area contributed by atoms with E-state index >= 15 is 0 Å². The van der Waals surface area contributed by atoms with Crippen LogP contribution in [0.25, 0.3) is 38.6 Å². The van der Waals surface area contributed by atoms with Gasteiger partial charge < -0.3 is 14.2 Å². The van der Waals surface area contributed by atoms with Gasteiger partial charge in [-0.05, 0) is 64.7 Å². The van der Waals surface area contributed by atoms with Crippen LogP contribution in [0.3, 0.4) is 0 Å². The molecule has 0 spiro atoms. The van der Waals surface area contributed by atoms with Crippen LogP contribution >= 0.6 is 0 Å². The highest BCUT2D eigenvalue weighted by Gasteiger charge is 2.36. The van der Waals surface area contributed by atoms with Gasteiger partial charge in [0.05, 0.1) is 11.0 Å². The average molecular weight is 402 g/mol. The van der Waals surface area contributed by atoms with E-state index in [-0.39, 0.29) is 5.41 Å². The number of hydrogen-bond donors (Lipinski definition) is 1. The lowest BCUT2D eigenvalue weighted by Crippen LogP contribution is -2.14. The lowest BCUT2D eigenvalue weighted by atomic mass is 9.82.